The number of pyridine rings is 1. The van der Waals surface area contributed by atoms with E-state index in [4.69, 9.17) is 14.1 Å². The fraction of sp³-hybridized carbons (Fsp3) is 0.312. The molecule has 8 aromatic carbocycles. The Morgan fingerprint density at radius 2 is 0.904 bits per heavy atom. The number of anilines is 4. The van der Waals surface area contributed by atoms with E-state index in [0.29, 0.717) is 5.75 Å². The van der Waals surface area contributed by atoms with Crippen molar-refractivity contribution >= 4 is 66.5 Å². The average molecular weight is 1100 g/mol. The van der Waals surface area contributed by atoms with Gasteiger partial charge in [-0.05, 0) is 156 Å². The molecule has 0 saturated heterocycles. The van der Waals surface area contributed by atoms with Gasteiger partial charge in [-0.3, -0.25) is 4.57 Å². The third kappa shape index (κ3) is 11.3. The van der Waals surface area contributed by atoms with E-state index in [1.165, 1.54) is 55.6 Å². The first-order valence-corrected chi connectivity index (χ1v) is 29.7. The molecule has 0 spiro atoms. The zero-order valence-electron chi connectivity index (χ0n) is 52.4. The quantitative estimate of drug-likeness (QED) is 0.151. The second-order valence-corrected chi connectivity index (χ2v) is 29.3. The van der Waals surface area contributed by atoms with Gasteiger partial charge in [0, 0.05) is 56.7 Å². The van der Waals surface area contributed by atoms with Crippen molar-refractivity contribution in [3.05, 3.63) is 203 Å². The molecule has 0 unspecified atom stereocenters. The van der Waals surface area contributed by atoms with Crippen LogP contribution in [0.15, 0.2) is 174 Å². The van der Waals surface area contributed by atoms with Crippen molar-refractivity contribution in [1.82, 2.24) is 9.55 Å². The molecule has 11 rings (SSSR count). The molecule has 0 aliphatic carbocycles. The van der Waals surface area contributed by atoms with Gasteiger partial charge < -0.3 is 19.8 Å². The van der Waals surface area contributed by atoms with E-state index in [0.717, 1.165) is 78.1 Å². The smallest absolute Gasteiger partial charge is 0.137 e. The molecule has 11 aromatic rings. The molecule has 0 aliphatic rings. The lowest BCUT2D eigenvalue weighted by Crippen LogP contribution is -2.17. The highest BCUT2D eigenvalue weighted by Gasteiger charge is 2.29. The van der Waals surface area contributed by atoms with E-state index in [1.54, 1.807) is 0 Å². The van der Waals surface area contributed by atoms with Crippen LogP contribution in [0, 0.1) is 0 Å². The van der Waals surface area contributed by atoms with Crippen molar-refractivity contribution in [1.29, 1.82) is 0 Å². The van der Waals surface area contributed by atoms with Crippen LogP contribution >= 0.6 is 0 Å². The van der Waals surface area contributed by atoms with E-state index < -0.39 is 0 Å². The van der Waals surface area contributed by atoms with Gasteiger partial charge in [-0.2, -0.15) is 0 Å². The topological polar surface area (TPSA) is 64.2 Å². The Bertz CT molecular complexity index is 4130. The number of rotatable bonds is 9. The number of nitrogens with one attached hydrogen (secondary N) is 2. The number of fused-ring (bicyclic) bond motifs is 7. The van der Waals surface area contributed by atoms with Crippen LogP contribution in [0.3, 0.4) is 0 Å². The van der Waals surface area contributed by atoms with Crippen molar-refractivity contribution < 1.29 is 9.15 Å². The minimum atomic E-state index is -0.140. The van der Waals surface area contributed by atoms with Gasteiger partial charge in [-0.1, -0.05) is 197 Å². The fourth-order valence-electron chi connectivity index (χ4n) is 11.3. The van der Waals surface area contributed by atoms with Gasteiger partial charge >= 0.3 is 0 Å². The molecular formula is C77H84N4O2. The molecule has 0 radical (unpaired) electrons. The predicted octanol–water partition coefficient (Wildman–Crippen LogP) is 22.5. The minimum absolute atomic E-state index is 0.0673. The van der Waals surface area contributed by atoms with Crippen molar-refractivity contribution in [2.24, 2.45) is 0 Å². The lowest BCUT2D eigenvalue weighted by atomic mass is 9.76. The maximum atomic E-state index is 6.89. The number of ether oxygens (including phenoxy) is 1. The summed E-state index contributed by atoms with van der Waals surface area (Å²) < 4.78 is 15.6. The second-order valence-electron chi connectivity index (χ2n) is 29.3. The monoisotopic (exact) mass is 1100 g/mol. The summed E-state index contributed by atoms with van der Waals surface area (Å²) in [4.78, 5) is 5.01. The highest BCUT2D eigenvalue weighted by Crippen LogP contribution is 2.48. The Labute approximate surface area is 493 Å². The molecule has 0 fully saturated rings. The number of benzene rings is 8. The average Bonchev–Trinajstić information content (AvgIpc) is 4.19. The molecule has 6 nitrogen and oxygen atoms in total. The molecule has 2 N–H and O–H groups in total. The molecule has 6 heteroatoms. The standard InChI is InChI=1S/C77H84N4O2/c1-72(2,3)49-34-35-78-68(44-49)81-64-32-33-67-70(59-26-19-22-29-66(59)83-67)69(64)58-31-30-57(46-65(58)81)82-56-25-23-24-55(45-56)79-62-27-20-21-28-63(62)80-71-60(47-36-50(73(4,5)6)40-51(37-47)74(7,8)9)42-54(77(16,17)18)43-61(71)48-38-52(75(10,11)12)41-53(39-48)76(13,14)15/h19-46,79-80H,1-18H3. The third-order valence-corrected chi connectivity index (χ3v) is 16.6. The first-order chi connectivity index (χ1) is 38.9. The predicted molar refractivity (Wildman–Crippen MR) is 355 cm³/mol. The van der Waals surface area contributed by atoms with E-state index in [-0.39, 0.29) is 32.5 Å². The van der Waals surface area contributed by atoms with Crippen molar-refractivity contribution in [2.45, 2.75) is 157 Å². The van der Waals surface area contributed by atoms with Crippen LogP contribution < -0.4 is 15.4 Å². The van der Waals surface area contributed by atoms with Crippen LogP contribution in [0.5, 0.6) is 11.5 Å². The molecule has 83 heavy (non-hydrogen) atoms. The molecule has 0 amide bonds. The lowest BCUT2D eigenvalue weighted by molar-refractivity contribution is 0.483. The van der Waals surface area contributed by atoms with Gasteiger partial charge in [0.25, 0.3) is 0 Å². The Kier molecular flexibility index (Phi) is 13.9. The fourth-order valence-corrected chi connectivity index (χ4v) is 11.3. The highest BCUT2D eigenvalue weighted by molar-refractivity contribution is 6.27. The zero-order chi connectivity index (χ0) is 59.3. The van der Waals surface area contributed by atoms with Gasteiger partial charge in [0.1, 0.15) is 28.5 Å². The Morgan fingerprint density at radius 3 is 1.47 bits per heavy atom. The van der Waals surface area contributed by atoms with E-state index in [9.17, 15) is 0 Å². The number of para-hydroxylation sites is 3. The molecule has 0 bridgehead atoms. The zero-order valence-corrected chi connectivity index (χ0v) is 52.4. The maximum absolute atomic E-state index is 6.89. The number of nitrogens with zero attached hydrogens (tertiary/aromatic N) is 2. The number of hydrogen-bond acceptors (Lipinski definition) is 5. The van der Waals surface area contributed by atoms with Crippen molar-refractivity contribution in [2.75, 3.05) is 10.6 Å². The lowest BCUT2D eigenvalue weighted by Gasteiger charge is -2.30. The summed E-state index contributed by atoms with van der Waals surface area (Å²) in [7, 11) is 0. The van der Waals surface area contributed by atoms with Crippen LogP contribution in [-0.4, -0.2) is 9.55 Å². The van der Waals surface area contributed by atoms with Gasteiger partial charge in [-0.25, -0.2) is 4.98 Å². The summed E-state index contributed by atoms with van der Waals surface area (Å²) in [6.07, 6.45) is 1.93. The van der Waals surface area contributed by atoms with Gasteiger partial charge in [0.2, 0.25) is 0 Å². The van der Waals surface area contributed by atoms with Crippen LogP contribution in [0.2, 0.25) is 0 Å². The maximum Gasteiger partial charge on any atom is 0.137 e. The molecule has 0 saturated carbocycles. The van der Waals surface area contributed by atoms with Gasteiger partial charge in [0.05, 0.1) is 28.1 Å². The normalized spacial score (nSPS) is 12.9. The number of furan rings is 1. The van der Waals surface area contributed by atoms with E-state index in [2.05, 4.69) is 285 Å². The largest absolute Gasteiger partial charge is 0.457 e. The van der Waals surface area contributed by atoms with E-state index in [1.807, 2.05) is 24.4 Å². The number of hydrogen-bond donors (Lipinski definition) is 2. The third-order valence-electron chi connectivity index (χ3n) is 16.6. The van der Waals surface area contributed by atoms with Crippen LogP contribution in [0.25, 0.3) is 71.8 Å². The van der Waals surface area contributed by atoms with Crippen LogP contribution in [0.4, 0.5) is 22.7 Å². The molecule has 3 aromatic heterocycles. The SMILES string of the molecule is CC(C)(C)c1cc(-c2cc(C(C)(C)C)cc(-c3cc(C(C)(C)C)cc(C(C)(C)C)c3)c2Nc2ccccc2Nc2cccc(Oc3ccc4c5c6c(ccc5n(-c5cc(C(C)(C)C)ccn5)c4c3)oc3ccccc36)c2)cc(C(C)(C)C)c1. The van der Waals surface area contributed by atoms with Crippen molar-refractivity contribution in [3.63, 3.8) is 0 Å². The molecule has 0 aliphatic heterocycles. The van der Waals surface area contributed by atoms with Crippen molar-refractivity contribution in [3.8, 4) is 39.6 Å². The molecule has 3 heterocycles. The summed E-state index contributed by atoms with van der Waals surface area (Å²) in [5.41, 5.74) is 19.6. The van der Waals surface area contributed by atoms with Crippen LogP contribution in [0.1, 0.15) is 158 Å². The molecule has 0 atom stereocenters. The molecule has 424 valence electrons. The summed E-state index contributed by atoms with van der Waals surface area (Å²) in [5.74, 6) is 2.28. The Hall–Kier alpha value is -8.09. The first-order valence-electron chi connectivity index (χ1n) is 29.7. The summed E-state index contributed by atoms with van der Waals surface area (Å²) in [5, 5.41) is 12.4. The van der Waals surface area contributed by atoms with E-state index >= 15 is 0 Å². The molecular weight excluding hydrogens is 1010 g/mol. The minimum Gasteiger partial charge on any atom is -0.457 e. The van der Waals surface area contributed by atoms with Crippen LogP contribution in [-0.2, 0) is 32.5 Å². The van der Waals surface area contributed by atoms with Gasteiger partial charge in [-0.15, -0.1) is 0 Å². The highest BCUT2D eigenvalue weighted by atomic mass is 16.5. The Morgan fingerprint density at radius 1 is 0.386 bits per heavy atom. The second kappa shape index (κ2) is 20.4. The summed E-state index contributed by atoms with van der Waals surface area (Å²) >= 11 is 0. The van der Waals surface area contributed by atoms with Gasteiger partial charge in [0.15, 0.2) is 0 Å². The Balaban J connectivity index is 1.03. The summed E-state index contributed by atoms with van der Waals surface area (Å²) in [6, 6.07) is 59.6. The number of aromatic nitrogens is 2. The summed E-state index contributed by atoms with van der Waals surface area (Å²) in [6.45, 7) is 41.6. The first kappa shape index (κ1) is 56.8.